The first-order chi connectivity index (χ1) is 9.16. The number of amides is 2. The first-order valence-corrected chi connectivity index (χ1v) is 7.76. The second-order valence-corrected chi connectivity index (χ2v) is 6.52. The van der Waals surface area contributed by atoms with E-state index in [1.54, 1.807) is 0 Å². The third-order valence-corrected chi connectivity index (χ3v) is 5.01. The lowest BCUT2D eigenvalue weighted by Gasteiger charge is -2.29. The van der Waals surface area contributed by atoms with Gasteiger partial charge in [0.05, 0.1) is 12.5 Å². The Kier molecular flexibility index (Phi) is 3.61. The molecule has 3 aliphatic rings. The number of imide groups is 1. The molecule has 0 radical (unpaired) electrons. The monoisotopic (exact) mass is 264 g/mol. The summed E-state index contributed by atoms with van der Waals surface area (Å²) in [6.07, 6.45) is 7.59. The van der Waals surface area contributed by atoms with E-state index in [1.807, 2.05) is 0 Å². The summed E-state index contributed by atoms with van der Waals surface area (Å²) in [5, 5.41) is 3.36. The van der Waals surface area contributed by atoms with Crippen LogP contribution in [-0.4, -0.2) is 35.3 Å². The second-order valence-electron chi connectivity index (χ2n) is 6.52. The van der Waals surface area contributed by atoms with Crippen LogP contribution in [0.4, 0.5) is 0 Å². The molecule has 2 saturated carbocycles. The maximum absolute atomic E-state index is 12.2. The Morgan fingerprint density at radius 2 is 1.89 bits per heavy atom. The van der Waals surface area contributed by atoms with Crippen LogP contribution in [0.2, 0.25) is 0 Å². The van der Waals surface area contributed by atoms with Gasteiger partial charge >= 0.3 is 0 Å². The summed E-state index contributed by atoms with van der Waals surface area (Å²) in [5.41, 5.74) is 0. The Morgan fingerprint density at radius 1 is 1.16 bits per heavy atom. The molecule has 19 heavy (non-hydrogen) atoms. The summed E-state index contributed by atoms with van der Waals surface area (Å²) in [6.45, 7) is 3.20. The van der Waals surface area contributed by atoms with Gasteiger partial charge in [-0.3, -0.25) is 14.5 Å². The fraction of sp³-hybridized carbons (Fsp3) is 0.867. The molecule has 3 unspecified atom stereocenters. The molecule has 1 saturated heterocycles. The zero-order chi connectivity index (χ0) is 13.4. The van der Waals surface area contributed by atoms with E-state index in [0.29, 0.717) is 12.3 Å². The Balaban J connectivity index is 1.52. The molecular formula is C15H24N2O2. The van der Waals surface area contributed by atoms with Crippen molar-refractivity contribution in [1.82, 2.24) is 10.2 Å². The Morgan fingerprint density at radius 3 is 2.58 bits per heavy atom. The number of hydrogen-bond acceptors (Lipinski definition) is 3. The predicted octanol–water partition coefficient (Wildman–Crippen LogP) is 1.69. The molecule has 0 spiro atoms. The molecular weight excluding hydrogens is 240 g/mol. The van der Waals surface area contributed by atoms with E-state index in [0.717, 1.165) is 25.3 Å². The van der Waals surface area contributed by atoms with Gasteiger partial charge in [-0.2, -0.15) is 0 Å². The zero-order valence-electron chi connectivity index (χ0n) is 11.7. The Labute approximate surface area is 114 Å². The molecule has 106 valence electrons. The fourth-order valence-electron chi connectivity index (χ4n) is 3.52. The molecule has 0 aromatic heterocycles. The summed E-state index contributed by atoms with van der Waals surface area (Å²) >= 11 is 0. The maximum Gasteiger partial charge on any atom is 0.247 e. The van der Waals surface area contributed by atoms with Gasteiger partial charge in [0.2, 0.25) is 11.8 Å². The van der Waals surface area contributed by atoms with E-state index in [9.17, 15) is 9.59 Å². The minimum atomic E-state index is -0.248. The molecule has 3 fully saturated rings. The highest BCUT2D eigenvalue weighted by molar-refractivity contribution is 6.06. The smallest absolute Gasteiger partial charge is 0.247 e. The van der Waals surface area contributed by atoms with Crippen LogP contribution in [0.5, 0.6) is 0 Å². The minimum Gasteiger partial charge on any atom is -0.305 e. The first kappa shape index (κ1) is 13.1. The summed E-state index contributed by atoms with van der Waals surface area (Å²) in [7, 11) is 0. The van der Waals surface area contributed by atoms with Crippen molar-refractivity contribution in [3.8, 4) is 0 Å². The van der Waals surface area contributed by atoms with Crippen molar-refractivity contribution >= 4 is 11.8 Å². The van der Waals surface area contributed by atoms with Gasteiger partial charge in [-0.05, 0) is 37.6 Å². The topological polar surface area (TPSA) is 49.4 Å². The number of likely N-dealkylation sites (tertiary alicyclic amines) is 1. The molecule has 0 aromatic carbocycles. The lowest BCUT2D eigenvalue weighted by atomic mass is 9.80. The van der Waals surface area contributed by atoms with E-state index in [1.165, 1.54) is 30.6 Å². The fourth-order valence-corrected chi connectivity index (χ4v) is 3.52. The molecule has 3 rings (SSSR count). The van der Waals surface area contributed by atoms with Crippen molar-refractivity contribution in [2.45, 2.75) is 64.0 Å². The van der Waals surface area contributed by atoms with Gasteiger partial charge in [0.25, 0.3) is 0 Å². The quantitative estimate of drug-likeness (QED) is 0.786. The highest BCUT2D eigenvalue weighted by Gasteiger charge is 2.46. The van der Waals surface area contributed by atoms with Crippen LogP contribution in [0.3, 0.4) is 0 Å². The van der Waals surface area contributed by atoms with Crippen molar-refractivity contribution in [3.05, 3.63) is 0 Å². The number of hydrogen-bond donors (Lipinski definition) is 1. The van der Waals surface area contributed by atoms with Gasteiger partial charge in [0.15, 0.2) is 0 Å². The average molecular weight is 264 g/mol. The Bertz CT molecular complexity index is 378. The summed E-state index contributed by atoms with van der Waals surface area (Å²) in [5.74, 6) is 1.47. The molecule has 0 bridgehead atoms. The van der Waals surface area contributed by atoms with Gasteiger partial charge in [-0.15, -0.1) is 0 Å². The van der Waals surface area contributed by atoms with E-state index in [2.05, 4.69) is 12.2 Å². The molecule has 4 nitrogen and oxygen atoms in total. The molecule has 1 N–H and O–H groups in total. The Hall–Kier alpha value is -0.900. The highest BCUT2D eigenvalue weighted by atomic mass is 16.2. The van der Waals surface area contributed by atoms with Crippen molar-refractivity contribution in [2.75, 3.05) is 6.54 Å². The second kappa shape index (κ2) is 5.23. The van der Waals surface area contributed by atoms with E-state index in [4.69, 9.17) is 0 Å². The molecule has 3 atom stereocenters. The average Bonchev–Trinajstić information content (AvgIpc) is 3.16. The van der Waals surface area contributed by atoms with Crippen LogP contribution < -0.4 is 5.32 Å². The summed E-state index contributed by atoms with van der Waals surface area (Å²) in [6, 6.07) is -0.0253. The first-order valence-electron chi connectivity index (χ1n) is 7.76. The number of carbonyl (C=O) groups is 2. The highest BCUT2D eigenvalue weighted by Crippen LogP contribution is 2.32. The van der Waals surface area contributed by atoms with Crippen LogP contribution in [0.25, 0.3) is 0 Å². The molecule has 1 aliphatic heterocycles. The van der Waals surface area contributed by atoms with Crippen LogP contribution in [0, 0.1) is 11.8 Å². The van der Waals surface area contributed by atoms with E-state index >= 15 is 0 Å². The normalized spacial score (nSPS) is 36.1. The molecule has 2 amide bonds. The van der Waals surface area contributed by atoms with Gasteiger partial charge in [-0.1, -0.05) is 26.2 Å². The van der Waals surface area contributed by atoms with Gasteiger partial charge in [0.1, 0.15) is 0 Å². The maximum atomic E-state index is 12.2. The number of carbonyl (C=O) groups excluding carboxylic acids is 2. The van der Waals surface area contributed by atoms with Crippen LogP contribution in [0.1, 0.15) is 51.9 Å². The van der Waals surface area contributed by atoms with Crippen LogP contribution >= 0.6 is 0 Å². The van der Waals surface area contributed by atoms with Crippen molar-refractivity contribution < 1.29 is 9.59 Å². The summed E-state index contributed by atoms with van der Waals surface area (Å²) < 4.78 is 0. The third-order valence-electron chi connectivity index (χ3n) is 5.01. The number of nitrogens with zero attached hydrogens (tertiary/aromatic N) is 1. The van der Waals surface area contributed by atoms with Crippen LogP contribution in [-0.2, 0) is 9.59 Å². The predicted molar refractivity (Wildman–Crippen MR) is 72.4 cm³/mol. The number of nitrogens with one attached hydrogen (secondary N) is 1. The SMILES string of the molecule is CC1CCCCC1CNC1CC(=O)N(C2CC2)C1=O. The molecule has 1 heterocycles. The standard InChI is InChI=1S/C15H24N2O2/c1-10-4-2-3-5-11(10)9-16-13-8-14(18)17(15(13)19)12-6-7-12/h10-13,16H,2-9H2,1H3. The van der Waals surface area contributed by atoms with Crippen LogP contribution in [0.15, 0.2) is 0 Å². The lowest BCUT2D eigenvalue weighted by Crippen LogP contribution is -2.42. The zero-order valence-corrected chi connectivity index (χ0v) is 11.7. The van der Waals surface area contributed by atoms with Gasteiger partial charge < -0.3 is 5.32 Å². The minimum absolute atomic E-state index is 0.0240. The molecule has 2 aliphatic carbocycles. The third kappa shape index (κ3) is 2.69. The molecule has 4 heteroatoms. The van der Waals surface area contributed by atoms with Crippen molar-refractivity contribution in [1.29, 1.82) is 0 Å². The lowest BCUT2D eigenvalue weighted by molar-refractivity contribution is -0.139. The molecule has 0 aromatic rings. The van der Waals surface area contributed by atoms with E-state index < -0.39 is 0 Å². The van der Waals surface area contributed by atoms with Crippen molar-refractivity contribution in [2.24, 2.45) is 11.8 Å². The van der Waals surface area contributed by atoms with Gasteiger partial charge in [0, 0.05) is 6.04 Å². The largest absolute Gasteiger partial charge is 0.305 e. The van der Waals surface area contributed by atoms with E-state index in [-0.39, 0.29) is 23.9 Å². The van der Waals surface area contributed by atoms with Crippen molar-refractivity contribution in [3.63, 3.8) is 0 Å². The van der Waals surface area contributed by atoms with Gasteiger partial charge in [-0.25, -0.2) is 0 Å². The summed E-state index contributed by atoms with van der Waals surface area (Å²) in [4.78, 5) is 25.6. The number of rotatable bonds is 4.